The van der Waals surface area contributed by atoms with Crippen molar-refractivity contribution in [2.75, 3.05) is 32.8 Å². The van der Waals surface area contributed by atoms with E-state index >= 15 is 0 Å². The zero-order chi connectivity index (χ0) is 8.81. The van der Waals surface area contributed by atoms with Gasteiger partial charge in [0.05, 0.1) is 13.2 Å². The second-order valence-electron chi connectivity index (χ2n) is 3.08. The van der Waals surface area contributed by atoms with Gasteiger partial charge in [0.15, 0.2) is 0 Å². The summed E-state index contributed by atoms with van der Waals surface area (Å²) in [6.07, 6.45) is 0. The van der Waals surface area contributed by atoms with Gasteiger partial charge in [-0.1, -0.05) is 0 Å². The molecule has 1 saturated heterocycles. The van der Waals surface area contributed by atoms with E-state index in [0.29, 0.717) is 12.5 Å². The Hall–Kier alpha value is -0.610. The molecule has 1 rings (SSSR count). The number of rotatable bonds is 2. The van der Waals surface area contributed by atoms with Crippen molar-refractivity contribution in [3.05, 3.63) is 0 Å². The number of ether oxygens (including phenoxy) is 1. The van der Waals surface area contributed by atoms with Crippen molar-refractivity contribution in [2.45, 2.75) is 6.92 Å². The van der Waals surface area contributed by atoms with Gasteiger partial charge >= 0.3 is 0 Å². The van der Waals surface area contributed by atoms with E-state index in [9.17, 15) is 4.79 Å². The molecule has 0 aliphatic carbocycles. The van der Waals surface area contributed by atoms with Crippen LogP contribution in [-0.2, 0) is 9.53 Å². The molecule has 70 valence electrons. The third kappa shape index (κ3) is 3.69. The summed E-state index contributed by atoms with van der Waals surface area (Å²) in [4.78, 5) is 10.6. The molecule has 0 bridgehead atoms. The molecule has 4 heteroatoms. The van der Waals surface area contributed by atoms with Crippen molar-refractivity contribution in [1.29, 1.82) is 0 Å². The second-order valence-corrected chi connectivity index (χ2v) is 3.08. The highest BCUT2D eigenvalue weighted by Gasteiger charge is 2.11. The fourth-order valence-electron chi connectivity index (χ4n) is 1.18. The van der Waals surface area contributed by atoms with E-state index in [1.165, 1.54) is 6.92 Å². The standard InChI is InChI=1S/C8H16N2O2/c1-7(11)10-5-8-4-9-2-3-12-6-8/h8-9H,2-6H2,1H3,(H,10,11). The van der Waals surface area contributed by atoms with E-state index < -0.39 is 0 Å². The van der Waals surface area contributed by atoms with Crippen LogP contribution in [0, 0.1) is 5.92 Å². The zero-order valence-electron chi connectivity index (χ0n) is 7.43. The van der Waals surface area contributed by atoms with Crippen LogP contribution in [0.4, 0.5) is 0 Å². The monoisotopic (exact) mass is 172 g/mol. The van der Waals surface area contributed by atoms with Gasteiger partial charge in [0.25, 0.3) is 0 Å². The fraction of sp³-hybridized carbons (Fsp3) is 0.875. The van der Waals surface area contributed by atoms with Gasteiger partial charge in [-0.05, 0) is 0 Å². The van der Waals surface area contributed by atoms with Crippen molar-refractivity contribution in [1.82, 2.24) is 10.6 Å². The van der Waals surface area contributed by atoms with Gasteiger partial charge in [0.2, 0.25) is 5.91 Å². The molecule has 0 saturated carbocycles. The Labute approximate surface area is 72.7 Å². The highest BCUT2D eigenvalue weighted by molar-refractivity contribution is 5.72. The third-order valence-electron chi connectivity index (χ3n) is 1.85. The van der Waals surface area contributed by atoms with E-state index in [4.69, 9.17) is 4.74 Å². The van der Waals surface area contributed by atoms with Crippen LogP contribution in [0.1, 0.15) is 6.92 Å². The molecule has 4 nitrogen and oxygen atoms in total. The second kappa shape index (κ2) is 5.11. The number of carbonyl (C=O) groups is 1. The highest BCUT2D eigenvalue weighted by Crippen LogP contribution is 1.97. The lowest BCUT2D eigenvalue weighted by Crippen LogP contribution is -2.33. The number of carbonyl (C=O) groups excluding carboxylic acids is 1. The number of nitrogens with one attached hydrogen (secondary N) is 2. The Bertz CT molecular complexity index is 142. The Balaban J connectivity index is 2.16. The lowest BCUT2D eigenvalue weighted by molar-refractivity contribution is -0.119. The molecule has 12 heavy (non-hydrogen) atoms. The summed E-state index contributed by atoms with van der Waals surface area (Å²) >= 11 is 0. The Morgan fingerprint density at radius 3 is 3.33 bits per heavy atom. The molecule has 0 aromatic heterocycles. The summed E-state index contributed by atoms with van der Waals surface area (Å²) in [7, 11) is 0. The maximum absolute atomic E-state index is 10.6. The molecular formula is C8H16N2O2. The Morgan fingerprint density at radius 2 is 2.58 bits per heavy atom. The number of hydrogen-bond acceptors (Lipinski definition) is 3. The minimum atomic E-state index is 0.0271. The van der Waals surface area contributed by atoms with Crippen molar-refractivity contribution in [3.63, 3.8) is 0 Å². The quantitative estimate of drug-likeness (QED) is 0.582. The average molecular weight is 172 g/mol. The third-order valence-corrected chi connectivity index (χ3v) is 1.85. The average Bonchev–Trinajstić information content (AvgIpc) is 2.28. The molecule has 1 unspecified atom stereocenters. The molecule has 1 amide bonds. The topological polar surface area (TPSA) is 50.4 Å². The molecule has 1 aliphatic heterocycles. The van der Waals surface area contributed by atoms with Crippen LogP contribution in [-0.4, -0.2) is 38.8 Å². The van der Waals surface area contributed by atoms with Crippen LogP contribution < -0.4 is 10.6 Å². The molecule has 1 atom stereocenters. The van der Waals surface area contributed by atoms with Crippen LogP contribution in [0.3, 0.4) is 0 Å². The van der Waals surface area contributed by atoms with Crippen molar-refractivity contribution in [2.24, 2.45) is 5.92 Å². The summed E-state index contributed by atoms with van der Waals surface area (Å²) in [6.45, 7) is 5.61. The van der Waals surface area contributed by atoms with Crippen LogP contribution in [0.2, 0.25) is 0 Å². The van der Waals surface area contributed by atoms with Crippen molar-refractivity contribution in [3.8, 4) is 0 Å². The summed E-state index contributed by atoms with van der Waals surface area (Å²) in [6, 6.07) is 0. The summed E-state index contributed by atoms with van der Waals surface area (Å²) in [5, 5.41) is 6.03. The molecular weight excluding hydrogens is 156 g/mol. The van der Waals surface area contributed by atoms with Crippen LogP contribution in [0.25, 0.3) is 0 Å². The Kier molecular flexibility index (Phi) is 4.04. The Morgan fingerprint density at radius 1 is 1.75 bits per heavy atom. The van der Waals surface area contributed by atoms with E-state index in [-0.39, 0.29) is 5.91 Å². The van der Waals surface area contributed by atoms with Crippen LogP contribution in [0.5, 0.6) is 0 Å². The minimum Gasteiger partial charge on any atom is -0.380 e. The van der Waals surface area contributed by atoms with Gasteiger partial charge in [-0.2, -0.15) is 0 Å². The molecule has 0 spiro atoms. The smallest absolute Gasteiger partial charge is 0.216 e. The molecule has 2 N–H and O–H groups in total. The van der Waals surface area contributed by atoms with Gasteiger partial charge in [0.1, 0.15) is 0 Å². The van der Waals surface area contributed by atoms with E-state index in [2.05, 4.69) is 10.6 Å². The first-order valence-electron chi connectivity index (χ1n) is 4.32. The van der Waals surface area contributed by atoms with E-state index in [0.717, 1.165) is 26.3 Å². The zero-order valence-corrected chi connectivity index (χ0v) is 7.43. The first-order valence-corrected chi connectivity index (χ1v) is 4.32. The van der Waals surface area contributed by atoms with Crippen molar-refractivity contribution < 1.29 is 9.53 Å². The van der Waals surface area contributed by atoms with Gasteiger partial charge in [-0.25, -0.2) is 0 Å². The normalized spacial score (nSPS) is 24.6. The number of amides is 1. The molecule has 0 radical (unpaired) electrons. The van der Waals surface area contributed by atoms with Crippen LogP contribution in [0.15, 0.2) is 0 Å². The van der Waals surface area contributed by atoms with Gasteiger partial charge < -0.3 is 15.4 Å². The van der Waals surface area contributed by atoms with Gasteiger partial charge in [-0.15, -0.1) is 0 Å². The van der Waals surface area contributed by atoms with Crippen molar-refractivity contribution >= 4 is 5.91 Å². The molecule has 0 aromatic carbocycles. The lowest BCUT2D eigenvalue weighted by Gasteiger charge is -2.13. The largest absolute Gasteiger partial charge is 0.380 e. The predicted octanol–water partition coefficient (Wildman–Crippen LogP) is -0.641. The summed E-state index contributed by atoms with van der Waals surface area (Å²) < 4.78 is 5.33. The molecule has 1 aliphatic rings. The predicted molar refractivity (Wildman–Crippen MR) is 45.9 cm³/mol. The summed E-state index contributed by atoms with van der Waals surface area (Å²) in [5.41, 5.74) is 0. The lowest BCUT2D eigenvalue weighted by atomic mass is 10.1. The van der Waals surface area contributed by atoms with E-state index in [1.54, 1.807) is 0 Å². The first-order chi connectivity index (χ1) is 5.79. The van der Waals surface area contributed by atoms with Gasteiger partial charge in [0, 0.05) is 32.5 Å². The molecule has 1 heterocycles. The minimum absolute atomic E-state index is 0.0271. The highest BCUT2D eigenvalue weighted by atomic mass is 16.5. The van der Waals surface area contributed by atoms with Gasteiger partial charge in [-0.3, -0.25) is 4.79 Å². The fourth-order valence-corrected chi connectivity index (χ4v) is 1.18. The SMILES string of the molecule is CC(=O)NCC1CNCCOC1. The number of hydrogen-bond donors (Lipinski definition) is 2. The van der Waals surface area contributed by atoms with Crippen LogP contribution >= 0.6 is 0 Å². The molecule has 1 fully saturated rings. The van der Waals surface area contributed by atoms with E-state index in [1.807, 2.05) is 0 Å². The maximum atomic E-state index is 10.6. The summed E-state index contributed by atoms with van der Waals surface area (Å²) in [5.74, 6) is 0.440. The molecule has 0 aromatic rings. The maximum Gasteiger partial charge on any atom is 0.216 e. The first kappa shape index (κ1) is 9.48.